The number of carboxylic acid groups (broad SMARTS) is 1. The van der Waals surface area contributed by atoms with Gasteiger partial charge >= 0.3 is 5.97 Å². The molecule has 2 saturated heterocycles. The molecule has 4 heterocycles. The molecular weight excluding hydrogens is 332 g/mol. The van der Waals surface area contributed by atoms with Gasteiger partial charge in [-0.3, -0.25) is 0 Å². The summed E-state index contributed by atoms with van der Waals surface area (Å²) in [4.78, 5) is 16.3. The maximum atomic E-state index is 11.6. The van der Waals surface area contributed by atoms with Crippen molar-refractivity contribution in [2.24, 2.45) is 0 Å². The lowest BCUT2D eigenvalue weighted by Crippen LogP contribution is -2.45. The molecule has 0 unspecified atom stereocenters. The standard InChI is InChI=1S/C17H19ClN2O4/c1-9(2)24-13-10(15(21)22)4-20-5-11(19-14(20)12(13)18)17-6-16(3,7-17)23-8-17/h4-5,9H,6-8H2,1-3H3,(H,21,22). The first-order chi connectivity index (χ1) is 11.2. The van der Waals surface area contributed by atoms with Gasteiger partial charge in [0.2, 0.25) is 0 Å². The fourth-order valence-electron chi connectivity index (χ4n) is 3.98. The van der Waals surface area contributed by atoms with Gasteiger partial charge in [-0.25, -0.2) is 9.78 Å². The third-order valence-electron chi connectivity index (χ3n) is 4.89. The van der Waals surface area contributed by atoms with Crippen LogP contribution in [-0.4, -0.2) is 38.8 Å². The molecule has 0 aromatic carbocycles. The summed E-state index contributed by atoms with van der Waals surface area (Å²) in [6.07, 6.45) is 5.06. The molecule has 5 rings (SSSR count). The summed E-state index contributed by atoms with van der Waals surface area (Å²) in [5.74, 6) is -0.911. The molecular formula is C17H19ClN2O4. The average molecular weight is 351 g/mol. The Hall–Kier alpha value is -1.79. The van der Waals surface area contributed by atoms with Gasteiger partial charge in [-0.15, -0.1) is 0 Å². The molecule has 0 spiro atoms. The normalized spacial score (nSPS) is 28.4. The van der Waals surface area contributed by atoms with E-state index in [0.29, 0.717) is 12.3 Å². The highest BCUT2D eigenvalue weighted by molar-refractivity contribution is 6.35. The summed E-state index contributed by atoms with van der Waals surface area (Å²) in [6.45, 7) is 6.41. The van der Waals surface area contributed by atoms with Crippen LogP contribution in [0.5, 0.6) is 5.75 Å². The van der Waals surface area contributed by atoms with E-state index in [9.17, 15) is 9.90 Å². The third kappa shape index (κ3) is 2.13. The summed E-state index contributed by atoms with van der Waals surface area (Å²) in [5, 5.41) is 9.71. The van der Waals surface area contributed by atoms with Crippen molar-refractivity contribution in [2.45, 2.75) is 50.7 Å². The minimum Gasteiger partial charge on any atom is -0.488 e. The van der Waals surface area contributed by atoms with E-state index in [0.717, 1.165) is 18.5 Å². The van der Waals surface area contributed by atoms with Gasteiger partial charge in [-0.1, -0.05) is 11.6 Å². The lowest BCUT2D eigenvalue weighted by Gasteiger charge is -2.41. The Labute approximate surface area is 144 Å². The van der Waals surface area contributed by atoms with Crippen LogP contribution in [0.2, 0.25) is 5.02 Å². The fraction of sp³-hybridized carbons (Fsp3) is 0.529. The summed E-state index contributed by atoms with van der Waals surface area (Å²) >= 11 is 6.44. The van der Waals surface area contributed by atoms with Crippen molar-refractivity contribution in [1.29, 1.82) is 0 Å². The van der Waals surface area contributed by atoms with Gasteiger partial charge in [-0.05, 0) is 33.6 Å². The summed E-state index contributed by atoms with van der Waals surface area (Å²) < 4.78 is 13.2. The predicted octanol–water partition coefficient (Wildman–Crippen LogP) is 3.29. The first kappa shape index (κ1) is 15.7. The number of hydrogen-bond donors (Lipinski definition) is 1. The monoisotopic (exact) mass is 350 g/mol. The Kier molecular flexibility index (Phi) is 3.19. The van der Waals surface area contributed by atoms with E-state index >= 15 is 0 Å². The number of ether oxygens (including phenoxy) is 2. The quantitative estimate of drug-likeness (QED) is 0.915. The molecule has 1 saturated carbocycles. The molecule has 0 radical (unpaired) electrons. The summed E-state index contributed by atoms with van der Waals surface area (Å²) in [6, 6.07) is 0. The molecule has 2 aromatic rings. The van der Waals surface area contributed by atoms with E-state index in [1.165, 1.54) is 6.20 Å². The number of halogens is 1. The van der Waals surface area contributed by atoms with E-state index in [4.69, 9.17) is 21.1 Å². The van der Waals surface area contributed by atoms with Crippen LogP contribution < -0.4 is 4.74 Å². The Balaban J connectivity index is 1.85. The highest BCUT2D eigenvalue weighted by Crippen LogP contribution is 2.58. The van der Waals surface area contributed by atoms with Crippen LogP contribution in [0.15, 0.2) is 12.4 Å². The van der Waals surface area contributed by atoms with E-state index in [1.807, 2.05) is 20.0 Å². The minimum absolute atomic E-state index is 0.0313. The van der Waals surface area contributed by atoms with Gasteiger partial charge in [0, 0.05) is 17.8 Å². The molecule has 6 nitrogen and oxygen atoms in total. The number of imidazole rings is 1. The van der Waals surface area contributed by atoms with Crippen LogP contribution in [0, 0.1) is 0 Å². The van der Waals surface area contributed by atoms with Crippen LogP contribution in [0.1, 0.15) is 49.7 Å². The maximum absolute atomic E-state index is 11.6. The lowest BCUT2D eigenvalue weighted by atomic mass is 9.62. The Morgan fingerprint density at radius 2 is 2.17 bits per heavy atom. The highest BCUT2D eigenvalue weighted by atomic mass is 35.5. The van der Waals surface area contributed by atoms with E-state index < -0.39 is 5.97 Å². The van der Waals surface area contributed by atoms with Crippen molar-refractivity contribution < 1.29 is 19.4 Å². The highest BCUT2D eigenvalue weighted by Gasteiger charge is 2.61. The first-order valence-electron chi connectivity index (χ1n) is 7.99. The van der Waals surface area contributed by atoms with E-state index in [1.54, 1.807) is 4.40 Å². The molecule has 7 heteroatoms. The number of carbonyl (C=O) groups is 1. The minimum atomic E-state index is -1.08. The molecule has 0 amide bonds. The van der Waals surface area contributed by atoms with Gasteiger partial charge in [0.05, 0.1) is 24.0 Å². The Morgan fingerprint density at radius 1 is 1.46 bits per heavy atom. The molecule has 3 aliphatic rings. The number of aromatic carboxylic acids is 1. The summed E-state index contributed by atoms with van der Waals surface area (Å²) in [5.41, 5.74) is 1.33. The van der Waals surface area contributed by atoms with Crippen LogP contribution in [0.25, 0.3) is 5.65 Å². The van der Waals surface area contributed by atoms with Gasteiger partial charge < -0.3 is 19.0 Å². The largest absolute Gasteiger partial charge is 0.488 e. The number of nitrogens with zero attached hydrogens (tertiary/aromatic N) is 2. The number of hydrogen-bond acceptors (Lipinski definition) is 4. The predicted molar refractivity (Wildman–Crippen MR) is 88.2 cm³/mol. The van der Waals surface area contributed by atoms with E-state index in [2.05, 4.69) is 11.9 Å². The molecule has 2 bridgehead atoms. The van der Waals surface area contributed by atoms with Crippen molar-refractivity contribution in [1.82, 2.24) is 9.38 Å². The van der Waals surface area contributed by atoms with Gasteiger partial charge in [0.1, 0.15) is 10.6 Å². The Bertz CT molecular complexity index is 852. The van der Waals surface area contributed by atoms with Crippen molar-refractivity contribution in [3.8, 4) is 5.75 Å². The maximum Gasteiger partial charge on any atom is 0.341 e. The summed E-state index contributed by atoms with van der Waals surface area (Å²) in [7, 11) is 0. The zero-order valence-corrected chi connectivity index (χ0v) is 14.6. The van der Waals surface area contributed by atoms with Crippen LogP contribution in [-0.2, 0) is 10.2 Å². The molecule has 24 heavy (non-hydrogen) atoms. The number of pyridine rings is 1. The second-order valence-electron chi connectivity index (χ2n) is 7.39. The molecule has 0 atom stereocenters. The lowest BCUT2D eigenvalue weighted by molar-refractivity contribution is 0.0154. The second kappa shape index (κ2) is 4.86. The zero-order chi connectivity index (χ0) is 17.3. The van der Waals surface area contributed by atoms with Crippen LogP contribution in [0.3, 0.4) is 0 Å². The first-order valence-corrected chi connectivity index (χ1v) is 8.36. The molecule has 1 aliphatic carbocycles. The number of aromatic nitrogens is 2. The zero-order valence-electron chi connectivity index (χ0n) is 13.8. The SMILES string of the molecule is CC(C)Oc1c(C(=O)O)cn2cc(C34COC(C)(C3)C4)nc2c1Cl. The number of rotatable bonds is 4. The second-order valence-corrected chi connectivity index (χ2v) is 7.77. The van der Waals surface area contributed by atoms with Crippen molar-refractivity contribution in [2.75, 3.05) is 6.61 Å². The van der Waals surface area contributed by atoms with Crippen molar-refractivity contribution in [3.63, 3.8) is 0 Å². The number of carboxylic acids is 1. The van der Waals surface area contributed by atoms with Gasteiger partial charge in [0.25, 0.3) is 0 Å². The van der Waals surface area contributed by atoms with Crippen LogP contribution in [0.4, 0.5) is 0 Å². The molecule has 128 valence electrons. The molecule has 2 aliphatic heterocycles. The van der Waals surface area contributed by atoms with E-state index in [-0.39, 0.29) is 33.5 Å². The smallest absolute Gasteiger partial charge is 0.341 e. The Morgan fingerprint density at radius 3 is 2.71 bits per heavy atom. The van der Waals surface area contributed by atoms with Gasteiger partial charge in [0.15, 0.2) is 11.4 Å². The molecule has 2 aromatic heterocycles. The topological polar surface area (TPSA) is 73.1 Å². The van der Waals surface area contributed by atoms with Crippen LogP contribution >= 0.6 is 11.6 Å². The average Bonchev–Trinajstić information content (AvgIpc) is 3.11. The molecule has 1 N–H and O–H groups in total. The fourth-order valence-corrected chi connectivity index (χ4v) is 4.27. The van der Waals surface area contributed by atoms with Crippen molar-refractivity contribution >= 4 is 23.2 Å². The molecule has 3 fully saturated rings. The van der Waals surface area contributed by atoms with Gasteiger partial charge in [-0.2, -0.15) is 0 Å². The third-order valence-corrected chi connectivity index (χ3v) is 5.23. The van der Waals surface area contributed by atoms with Crippen molar-refractivity contribution in [3.05, 3.63) is 28.7 Å². The number of fused-ring (bicyclic) bond motifs is 2.